The maximum Gasteiger partial charge on any atom is 0.235 e. The van der Waals surface area contributed by atoms with E-state index in [1.54, 1.807) is 0 Å². The third kappa shape index (κ3) is 2.30. The Hall–Kier alpha value is -1.93. The summed E-state index contributed by atoms with van der Waals surface area (Å²) >= 11 is 0. The van der Waals surface area contributed by atoms with Crippen molar-refractivity contribution >= 4 is 12.0 Å². The largest absolute Gasteiger partial charge is 0.476 e. The van der Waals surface area contributed by atoms with Gasteiger partial charge in [0.1, 0.15) is 6.61 Å². The van der Waals surface area contributed by atoms with E-state index in [2.05, 4.69) is 9.98 Å². The molecule has 4 heteroatoms. The van der Waals surface area contributed by atoms with Crippen LogP contribution in [0.3, 0.4) is 0 Å². The quantitative estimate of drug-likeness (QED) is 0.548. The van der Waals surface area contributed by atoms with Gasteiger partial charge in [-0.25, -0.2) is 14.8 Å². The molecule has 1 aromatic rings. The summed E-state index contributed by atoms with van der Waals surface area (Å²) in [6.07, 6.45) is 1.52. The Morgan fingerprint density at radius 1 is 1.53 bits per heavy atom. The summed E-state index contributed by atoms with van der Waals surface area (Å²) in [5.41, 5.74) is 1.89. The van der Waals surface area contributed by atoms with Gasteiger partial charge in [-0.05, 0) is 17.7 Å². The fourth-order valence-corrected chi connectivity index (χ4v) is 1.44. The van der Waals surface area contributed by atoms with Crippen LogP contribution in [0.25, 0.3) is 0 Å². The molecule has 1 heterocycles. The van der Waals surface area contributed by atoms with Crippen LogP contribution in [0.15, 0.2) is 34.3 Å². The molecule has 0 saturated carbocycles. The highest BCUT2D eigenvalue weighted by molar-refractivity contribution is 5.95. The van der Waals surface area contributed by atoms with Crippen molar-refractivity contribution in [1.29, 1.82) is 0 Å². The first-order chi connectivity index (χ1) is 7.40. The molecule has 1 aliphatic rings. The van der Waals surface area contributed by atoms with E-state index >= 15 is 0 Å². The molecule has 0 spiro atoms. The third-order valence-corrected chi connectivity index (χ3v) is 2.09. The zero-order valence-corrected chi connectivity index (χ0v) is 8.14. The molecule has 2 rings (SSSR count). The van der Waals surface area contributed by atoms with Gasteiger partial charge in [-0.1, -0.05) is 12.1 Å². The summed E-state index contributed by atoms with van der Waals surface area (Å²) in [4.78, 5) is 17.7. The van der Waals surface area contributed by atoms with Crippen LogP contribution in [0.2, 0.25) is 0 Å². The van der Waals surface area contributed by atoms with E-state index in [1.807, 2.05) is 24.3 Å². The number of benzene rings is 1. The van der Waals surface area contributed by atoms with Gasteiger partial charge in [0, 0.05) is 5.56 Å². The molecule has 0 fully saturated rings. The molecule has 0 N–H and O–H groups in total. The van der Waals surface area contributed by atoms with Crippen LogP contribution in [-0.2, 0) is 16.1 Å². The predicted octanol–water partition coefficient (Wildman–Crippen LogP) is 1.30. The van der Waals surface area contributed by atoms with Crippen molar-refractivity contribution in [2.75, 3.05) is 13.2 Å². The van der Waals surface area contributed by atoms with Crippen LogP contribution in [-0.4, -0.2) is 25.1 Å². The molecule has 0 atom stereocenters. The number of nitrogens with zero attached hydrogens (tertiary/aromatic N) is 2. The topological polar surface area (TPSA) is 51.0 Å². The molecule has 0 saturated heterocycles. The Morgan fingerprint density at radius 2 is 2.47 bits per heavy atom. The second kappa shape index (κ2) is 4.53. The van der Waals surface area contributed by atoms with Gasteiger partial charge in [0.05, 0.1) is 13.1 Å². The zero-order valence-electron chi connectivity index (χ0n) is 8.14. The lowest BCUT2D eigenvalue weighted by atomic mass is 10.1. The van der Waals surface area contributed by atoms with Crippen LogP contribution in [0, 0.1) is 0 Å². The molecule has 0 aromatic heterocycles. The predicted molar refractivity (Wildman–Crippen MR) is 55.6 cm³/mol. The van der Waals surface area contributed by atoms with Crippen LogP contribution in [0.5, 0.6) is 0 Å². The van der Waals surface area contributed by atoms with Crippen molar-refractivity contribution in [2.45, 2.75) is 6.54 Å². The molecular weight excluding hydrogens is 192 g/mol. The summed E-state index contributed by atoms with van der Waals surface area (Å²) in [5.74, 6) is 0.673. The van der Waals surface area contributed by atoms with Gasteiger partial charge in [0.25, 0.3) is 0 Å². The number of hydrogen-bond donors (Lipinski definition) is 0. The lowest BCUT2D eigenvalue weighted by Gasteiger charge is -2.02. The third-order valence-electron chi connectivity index (χ3n) is 2.09. The molecular formula is C11H10N2O2. The number of aliphatic imine (C=N–C) groups is 2. The SMILES string of the molecule is O=C=NCc1cccc(C2=NCCO2)c1. The number of isocyanates is 1. The number of carbonyl (C=O) groups excluding carboxylic acids is 1. The Labute approximate surface area is 87.3 Å². The van der Waals surface area contributed by atoms with Crippen molar-refractivity contribution in [1.82, 2.24) is 0 Å². The Morgan fingerprint density at radius 3 is 3.20 bits per heavy atom. The highest BCUT2D eigenvalue weighted by Crippen LogP contribution is 2.11. The molecule has 76 valence electrons. The monoisotopic (exact) mass is 202 g/mol. The first-order valence-corrected chi connectivity index (χ1v) is 4.70. The lowest BCUT2D eigenvalue weighted by Crippen LogP contribution is -2.01. The van der Waals surface area contributed by atoms with Gasteiger partial charge in [0.15, 0.2) is 0 Å². The van der Waals surface area contributed by atoms with E-state index < -0.39 is 0 Å². The van der Waals surface area contributed by atoms with Gasteiger partial charge in [-0.3, -0.25) is 0 Å². The number of hydrogen-bond acceptors (Lipinski definition) is 4. The molecule has 0 aliphatic carbocycles. The average molecular weight is 202 g/mol. The zero-order chi connectivity index (χ0) is 10.5. The lowest BCUT2D eigenvalue weighted by molar-refractivity contribution is 0.348. The maximum atomic E-state index is 9.98. The Kier molecular flexibility index (Phi) is 2.90. The second-order valence-corrected chi connectivity index (χ2v) is 3.14. The first-order valence-electron chi connectivity index (χ1n) is 4.70. The van der Waals surface area contributed by atoms with E-state index in [0.29, 0.717) is 25.6 Å². The summed E-state index contributed by atoms with van der Waals surface area (Å²) in [5, 5.41) is 0. The van der Waals surface area contributed by atoms with E-state index in [9.17, 15) is 4.79 Å². The summed E-state index contributed by atoms with van der Waals surface area (Å²) < 4.78 is 5.34. The Balaban J connectivity index is 2.21. The van der Waals surface area contributed by atoms with Crippen molar-refractivity contribution in [2.24, 2.45) is 9.98 Å². The molecule has 0 radical (unpaired) electrons. The minimum atomic E-state index is 0.352. The van der Waals surface area contributed by atoms with Crippen molar-refractivity contribution < 1.29 is 9.53 Å². The highest BCUT2D eigenvalue weighted by atomic mass is 16.5. The van der Waals surface area contributed by atoms with Gasteiger partial charge < -0.3 is 4.74 Å². The van der Waals surface area contributed by atoms with Crippen LogP contribution in [0.1, 0.15) is 11.1 Å². The fraction of sp³-hybridized carbons (Fsp3) is 0.273. The van der Waals surface area contributed by atoms with Gasteiger partial charge >= 0.3 is 0 Å². The van der Waals surface area contributed by atoms with E-state index in [0.717, 1.165) is 11.1 Å². The van der Waals surface area contributed by atoms with Crippen molar-refractivity contribution in [3.63, 3.8) is 0 Å². The van der Waals surface area contributed by atoms with Crippen molar-refractivity contribution in [3.8, 4) is 0 Å². The molecule has 15 heavy (non-hydrogen) atoms. The van der Waals surface area contributed by atoms with Crippen LogP contribution in [0.4, 0.5) is 0 Å². The second-order valence-electron chi connectivity index (χ2n) is 3.14. The smallest absolute Gasteiger partial charge is 0.235 e. The van der Waals surface area contributed by atoms with Gasteiger partial charge in [-0.15, -0.1) is 0 Å². The Bertz CT molecular complexity index is 434. The number of ether oxygens (including phenoxy) is 1. The average Bonchev–Trinajstić information content (AvgIpc) is 2.80. The number of rotatable bonds is 3. The standard InChI is InChI=1S/C11H10N2O2/c14-8-12-7-9-2-1-3-10(6-9)11-13-4-5-15-11/h1-3,6H,4-5,7H2. The van der Waals surface area contributed by atoms with E-state index in [-0.39, 0.29) is 0 Å². The fourth-order valence-electron chi connectivity index (χ4n) is 1.44. The summed E-state index contributed by atoms with van der Waals surface area (Å²) in [6.45, 7) is 1.71. The highest BCUT2D eigenvalue weighted by Gasteiger charge is 2.09. The van der Waals surface area contributed by atoms with Gasteiger partial charge in [-0.2, -0.15) is 0 Å². The molecule has 1 aromatic carbocycles. The van der Waals surface area contributed by atoms with Crippen molar-refractivity contribution in [3.05, 3.63) is 35.4 Å². The first kappa shape index (κ1) is 9.62. The molecule has 0 amide bonds. The normalized spacial score (nSPS) is 14.0. The molecule has 0 unspecified atom stereocenters. The summed E-state index contributed by atoms with van der Waals surface area (Å²) in [7, 11) is 0. The summed E-state index contributed by atoms with van der Waals surface area (Å²) in [6, 6.07) is 7.65. The molecule has 4 nitrogen and oxygen atoms in total. The molecule has 0 bridgehead atoms. The van der Waals surface area contributed by atoms with E-state index in [1.165, 1.54) is 6.08 Å². The minimum Gasteiger partial charge on any atom is -0.476 e. The van der Waals surface area contributed by atoms with Gasteiger partial charge in [0.2, 0.25) is 12.0 Å². The minimum absolute atomic E-state index is 0.352. The van der Waals surface area contributed by atoms with Crippen LogP contribution < -0.4 is 0 Å². The maximum absolute atomic E-state index is 9.98. The van der Waals surface area contributed by atoms with Crippen LogP contribution >= 0.6 is 0 Å². The van der Waals surface area contributed by atoms with E-state index in [4.69, 9.17) is 4.74 Å². The molecule has 1 aliphatic heterocycles.